The molecule has 0 amide bonds. The lowest BCUT2D eigenvalue weighted by Gasteiger charge is -2.01. The van der Waals surface area contributed by atoms with Crippen LogP contribution in [0, 0.1) is 0 Å². The van der Waals surface area contributed by atoms with Crippen LogP contribution in [0.4, 0.5) is 5.69 Å². The normalized spacial score (nSPS) is 12.7. The molecule has 1 atom stereocenters. The molecular formula is C14H10Cl2N2O2S. The van der Waals surface area contributed by atoms with Crippen molar-refractivity contribution in [2.24, 2.45) is 0 Å². The molecule has 2 N–H and O–H groups in total. The third kappa shape index (κ3) is 3.05. The van der Waals surface area contributed by atoms with Gasteiger partial charge < -0.3 is 10.2 Å². The second-order valence-corrected chi connectivity index (χ2v) is 6.59. The summed E-state index contributed by atoms with van der Waals surface area (Å²) in [4.78, 5) is 4.20. The Labute approximate surface area is 133 Å². The molecule has 0 aliphatic carbocycles. The van der Waals surface area contributed by atoms with Crippen molar-refractivity contribution in [1.29, 1.82) is 0 Å². The van der Waals surface area contributed by atoms with Crippen LogP contribution in [0.25, 0.3) is 11.1 Å². The molecule has 0 fully saturated rings. The molecule has 21 heavy (non-hydrogen) atoms. The van der Waals surface area contributed by atoms with Gasteiger partial charge >= 0.3 is 0 Å². The third-order valence-corrected chi connectivity index (χ3v) is 4.77. The number of hydrogen-bond donors (Lipinski definition) is 1. The van der Waals surface area contributed by atoms with Crippen molar-refractivity contribution in [2.45, 2.75) is 11.0 Å². The molecule has 1 heterocycles. The Morgan fingerprint density at radius 3 is 2.71 bits per heavy atom. The fraction of sp³-hybridized carbons (Fsp3) is 0.0714. The molecule has 0 saturated heterocycles. The van der Waals surface area contributed by atoms with Gasteiger partial charge in [-0.15, -0.1) is 0 Å². The Bertz CT molecular complexity index is 848. The van der Waals surface area contributed by atoms with Gasteiger partial charge in [-0.2, -0.15) is 0 Å². The minimum absolute atomic E-state index is 0.168. The zero-order valence-corrected chi connectivity index (χ0v) is 13.0. The van der Waals surface area contributed by atoms with Crippen LogP contribution in [-0.2, 0) is 16.6 Å². The third-order valence-electron chi connectivity index (χ3n) is 2.87. The van der Waals surface area contributed by atoms with Gasteiger partial charge in [-0.1, -0.05) is 29.3 Å². The molecule has 0 saturated carbocycles. The number of fused-ring (bicyclic) bond motifs is 1. The fourth-order valence-electron chi connectivity index (χ4n) is 1.86. The summed E-state index contributed by atoms with van der Waals surface area (Å²) in [6.45, 7) is 0. The maximum absolute atomic E-state index is 12.3. The molecule has 1 aromatic heterocycles. The molecule has 0 aliphatic heterocycles. The largest absolute Gasteiger partial charge is 0.430 e. The average Bonchev–Trinajstić information content (AvgIpc) is 2.86. The van der Waals surface area contributed by atoms with E-state index in [-0.39, 0.29) is 11.0 Å². The first-order valence-corrected chi connectivity index (χ1v) is 8.09. The molecule has 7 heteroatoms. The van der Waals surface area contributed by atoms with Crippen molar-refractivity contribution in [2.75, 3.05) is 5.73 Å². The molecule has 4 nitrogen and oxygen atoms in total. The highest BCUT2D eigenvalue weighted by atomic mass is 35.5. The van der Waals surface area contributed by atoms with E-state index in [0.717, 1.165) is 5.56 Å². The van der Waals surface area contributed by atoms with E-state index in [1.807, 2.05) is 0 Å². The highest BCUT2D eigenvalue weighted by molar-refractivity contribution is 7.84. The number of aromatic nitrogens is 1. The Morgan fingerprint density at radius 1 is 1.14 bits per heavy atom. The number of benzene rings is 2. The molecule has 0 spiro atoms. The first-order chi connectivity index (χ1) is 10.0. The zero-order chi connectivity index (χ0) is 15.0. The van der Waals surface area contributed by atoms with Crippen LogP contribution in [0.1, 0.15) is 5.56 Å². The van der Waals surface area contributed by atoms with E-state index in [1.54, 1.807) is 36.4 Å². The van der Waals surface area contributed by atoms with Gasteiger partial charge in [0.15, 0.2) is 5.58 Å². The van der Waals surface area contributed by atoms with Crippen LogP contribution in [-0.4, -0.2) is 9.19 Å². The van der Waals surface area contributed by atoms with Crippen molar-refractivity contribution in [3.8, 4) is 0 Å². The minimum Gasteiger partial charge on any atom is -0.430 e. The van der Waals surface area contributed by atoms with Gasteiger partial charge in [0.1, 0.15) is 16.3 Å². The molecular weight excluding hydrogens is 331 g/mol. The molecule has 0 bridgehead atoms. The molecule has 0 radical (unpaired) electrons. The van der Waals surface area contributed by atoms with Crippen LogP contribution in [0.2, 0.25) is 10.0 Å². The van der Waals surface area contributed by atoms with Crippen molar-refractivity contribution in [3.63, 3.8) is 0 Å². The van der Waals surface area contributed by atoms with E-state index in [2.05, 4.69) is 4.98 Å². The van der Waals surface area contributed by atoms with Gasteiger partial charge in [-0.05, 0) is 35.9 Å². The second kappa shape index (κ2) is 5.67. The summed E-state index contributed by atoms with van der Waals surface area (Å²) in [6, 6.07) is 10.2. The maximum Gasteiger partial charge on any atom is 0.288 e. The van der Waals surface area contributed by atoms with E-state index in [1.165, 1.54) is 0 Å². The highest BCUT2D eigenvalue weighted by Crippen LogP contribution is 2.25. The summed E-state index contributed by atoms with van der Waals surface area (Å²) in [7, 11) is -1.41. The SMILES string of the molecule is Nc1ccc2oc(S(=O)Cc3ccc(Cl)c(Cl)c3)nc2c1. The Balaban J connectivity index is 1.87. The number of nitrogens with two attached hydrogens (primary N) is 1. The first kappa shape index (κ1) is 14.4. The van der Waals surface area contributed by atoms with E-state index < -0.39 is 10.8 Å². The summed E-state index contributed by atoms with van der Waals surface area (Å²) in [5, 5.41) is 1.06. The Kier molecular flexibility index (Phi) is 3.89. The van der Waals surface area contributed by atoms with Crippen LogP contribution in [0.5, 0.6) is 0 Å². The van der Waals surface area contributed by atoms with E-state index >= 15 is 0 Å². The quantitative estimate of drug-likeness (QED) is 0.731. The number of oxazole rings is 1. The lowest BCUT2D eigenvalue weighted by Crippen LogP contribution is -1.96. The fourth-order valence-corrected chi connectivity index (χ4v) is 3.17. The van der Waals surface area contributed by atoms with Gasteiger partial charge in [0.2, 0.25) is 0 Å². The molecule has 0 aliphatic rings. The lowest BCUT2D eigenvalue weighted by molar-refractivity contribution is 0.477. The molecule has 1 unspecified atom stereocenters. The second-order valence-electron chi connectivity index (χ2n) is 4.45. The van der Waals surface area contributed by atoms with Crippen LogP contribution in [0.15, 0.2) is 46.0 Å². The zero-order valence-electron chi connectivity index (χ0n) is 10.7. The van der Waals surface area contributed by atoms with E-state index in [4.69, 9.17) is 33.4 Å². The van der Waals surface area contributed by atoms with E-state index in [0.29, 0.717) is 26.8 Å². The van der Waals surface area contributed by atoms with Gasteiger partial charge in [-0.3, -0.25) is 0 Å². The monoisotopic (exact) mass is 340 g/mol. The summed E-state index contributed by atoms with van der Waals surface area (Å²) in [5.41, 5.74) is 8.20. The van der Waals surface area contributed by atoms with Gasteiger partial charge in [0, 0.05) is 5.69 Å². The van der Waals surface area contributed by atoms with Gasteiger partial charge in [0.05, 0.1) is 15.8 Å². The van der Waals surface area contributed by atoms with E-state index in [9.17, 15) is 4.21 Å². The smallest absolute Gasteiger partial charge is 0.288 e. The van der Waals surface area contributed by atoms with Crippen molar-refractivity contribution < 1.29 is 8.63 Å². The molecule has 3 rings (SSSR count). The number of rotatable bonds is 3. The van der Waals surface area contributed by atoms with Crippen LogP contribution >= 0.6 is 23.2 Å². The number of halogens is 2. The predicted molar refractivity (Wildman–Crippen MR) is 85.0 cm³/mol. The summed E-state index contributed by atoms with van der Waals surface area (Å²) >= 11 is 11.8. The number of nitrogens with zero attached hydrogens (tertiary/aromatic N) is 1. The van der Waals surface area contributed by atoms with Gasteiger partial charge in [-0.25, -0.2) is 9.19 Å². The number of nitrogen functional groups attached to an aromatic ring is 1. The highest BCUT2D eigenvalue weighted by Gasteiger charge is 2.14. The Hall–Kier alpha value is -1.56. The maximum atomic E-state index is 12.3. The van der Waals surface area contributed by atoms with Crippen LogP contribution < -0.4 is 5.73 Å². The molecule has 2 aromatic carbocycles. The average molecular weight is 341 g/mol. The predicted octanol–water partition coefficient (Wildman–Crippen LogP) is 4.02. The number of hydrogen-bond acceptors (Lipinski definition) is 4. The van der Waals surface area contributed by atoms with Crippen molar-refractivity contribution >= 4 is 50.8 Å². The Morgan fingerprint density at radius 2 is 1.95 bits per heavy atom. The summed E-state index contributed by atoms with van der Waals surface area (Å²) in [6.07, 6.45) is 0. The molecule has 108 valence electrons. The lowest BCUT2D eigenvalue weighted by atomic mass is 10.2. The summed E-state index contributed by atoms with van der Waals surface area (Å²) < 4.78 is 17.8. The summed E-state index contributed by atoms with van der Waals surface area (Å²) in [5.74, 6) is 0.249. The standard InChI is InChI=1S/C14H10Cl2N2O2S/c15-10-3-1-8(5-11(10)16)7-21(19)14-18-12-6-9(17)2-4-13(12)20-14/h1-6H,7,17H2. The van der Waals surface area contributed by atoms with Crippen molar-refractivity contribution in [3.05, 3.63) is 52.0 Å². The number of anilines is 1. The van der Waals surface area contributed by atoms with Crippen molar-refractivity contribution in [1.82, 2.24) is 4.98 Å². The topological polar surface area (TPSA) is 69.1 Å². The van der Waals surface area contributed by atoms with Crippen LogP contribution in [0.3, 0.4) is 0 Å². The minimum atomic E-state index is -1.41. The first-order valence-electron chi connectivity index (χ1n) is 6.01. The van der Waals surface area contributed by atoms with Gasteiger partial charge in [0.25, 0.3) is 5.22 Å². The molecule has 3 aromatic rings.